The lowest BCUT2D eigenvalue weighted by Gasteiger charge is -2.27. The number of thioether (sulfide) groups is 1. The van der Waals surface area contributed by atoms with Crippen molar-refractivity contribution in [2.75, 3.05) is 6.54 Å². The van der Waals surface area contributed by atoms with Crippen LogP contribution in [0.1, 0.15) is 43.4 Å². The number of rotatable bonds is 8. The van der Waals surface area contributed by atoms with Crippen molar-refractivity contribution in [3.8, 4) is 5.75 Å². The van der Waals surface area contributed by atoms with Crippen LogP contribution in [-0.4, -0.2) is 34.4 Å². The standard InChI is InChI=1S/C24H28ClNO4S/c1-15-4-8-19(9-5-15)30-22(27)10-11-26-18-7-6-16-14-21(20(25)13-17(16)12-18)31-24(2,3)23(28)29/h4-5,8-9,13-14,18,26H,6-7,10-12H2,1-3H3,(H,28,29). The summed E-state index contributed by atoms with van der Waals surface area (Å²) in [5, 5.41) is 13.4. The van der Waals surface area contributed by atoms with Crippen LogP contribution >= 0.6 is 23.4 Å². The minimum Gasteiger partial charge on any atom is -0.480 e. The fourth-order valence-corrected chi connectivity index (χ4v) is 4.79. The third-order valence-electron chi connectivity index (χ3n) is 5.38. The summed E-state index contributed by atoms with van der Waals surface area (Å²) in [6.07, 6.45) is 2.97. The van der Waals surface area contributed by atoms with Gasteiger partial charge in [-0.3, -0.25) is 9.59 Å². The van der Waals surface area contributed by atoms with Gasteiger partial charge in [0.25, 0.3) is 0 Å². The van der Waals surface area contributed by atoms with Gasteiger partial charge in [-0.05, 0) is 75.4 Å². The van der Waals surface area contributed by atoms with Crippen LogP contribution in [0.5, 0.6) is 5.75 Å². The molecule has 1 unspecified atom stereocenters. The van der Waals surface area contributed by atoms with Gasteiger partial charge in [0.1, 0.15) is 10.5 Å². The van der Waals surface area contributed by atoms with E-state index in [2.05, 4.69) is 5.32 Å². The van der Waals surface area contributed by atoms with E-state index in [1.807, 2.05) is 31.2 Å². The van der Waals surface area contributed by atoms with E-state index in [4.69, 9.17) is 16.3 Å². The first kappa shape index (κ1) is 23.6. The Morgan fingerprint density at radius 3 is 2.61 bits per heavy atom. The van der Waals surface area contributed by atoms with Crippen LogP contribution in [0.4, 0.5) is 0 Å². The number of esters is 1. The highest BCUT2D eigenvalue weighted by molar-refractivity contribution is 8.01. The molecular weight excluding hydrogens is 434 g/mol. The smallest absolute Gasteiger partial charge is 0.319 e. The van der Waals surface area contributed by atoms with Gasteiger partial charge in [0.05, 0.1) is 11.4 Å². The average Bonchev–Trinajstić information content (AvgIpc) is 2.70. The lowest BCUT2D eigenvalue weighted by atomic mass is 9.88. The van der Waals surface area contributed by atoms with Crippen LogP contribution < -0.4 is 10.1 Å². The van der Waals surface area contributed by atoms with Crippen molar-refractivity contribution in [2.45, 2.75) is 62.1 Å². The van der Waals surface area contributed by atoms with Crippen molar-refractivity contribution in [1.29, 1.82) is 0 Å². The molecule has 1 atom stereocenters. The quantitative estimate of drug-likeness (QED) is 0.325. The third-order valence-corrected chi connectivity index (χ3v) is 7.04. The summed E-state index contributed by atoms with van der Waals surface area (Å²) in [4.78, 5) is 24.3. The number of benzene rings is 2. The Morgan fingerprint density at radius 1 is 1.23 bits per heavy atom. The third kappa shape index (κ3) is 6.48. The maximum Gasteiger partial charge on any atom is 0.319 e. The molecule has 0 heterocycles. The molecule has 5 nitrogen and oxygen atoms in total. The number of carbonyl (C=O) groups excluding carboxylic acids is 1. The van der Waals surface area contributed by atoms with Gasteiger partial charge in [-0.25, -0.2) is 0 Å². The molecule has 0 fully saturated rings. The highest BCUT2D eigenvalue weighted by atomic mass is 35.5. The Balaban J connectivity index is 1.51. The summed E-state index contributed by atoms with van der Waals surface area (Å²) < 4.78 is 4.42. The molecule has 166 valence electrons. The van der Waals surface area contributed by atoms with Crippen molar-refractivity contribution in [1.82, 2.24) is 5.32 Å². The molecule has 2 N–H and O–H groups in total. The molecule has 7 heteroatoms. The molecule has 0 aliphatic heterocycles. The second-order valence-electron chi connectivity index (χ2n) is 8.40. The van der Waals surface area contributed by atoms with Gasteiger partial charge in [-0.1, -0.05) is 29.3 Å². The molecule has 0 radical (unpaired) electrons. The van der Waals surface area contributed by atoms with Crippen molar-refractivity contribution in [3.63, 3.8) is 0 Å². The van der Waals surface area contributed by atoms with E-state index in [9.17, 15) is 14.7 Å². The number of aryl methyl sites for hydroxylation is 2. The zero-order valence-electron chi connectivity index (χ0n) is 18.0. The summed E-state index contributed by atoms with van der Waals surface area (Å²) in [6.45, 7) is 5.90. The van der Waals surface area contributed by atoms with E-state index < -0.39 is 10.7 Å². The molecule has 3 rings (SSSR count). The fraction of sp³-hybridized carbons (Fsp3) is 0.417. The van der Waals surface area contributed by atoms with E-state index in [-0.39, 0.29) is 12.0 Å². The van der Waals surface area contributed by atoms with Gasteiger partial charge >= 0.3 is 11.9 Å². The molecule has 0 aromatic heterocycles. The fourth-order valence-electron chi connectivity index (χ4n) is 3.49. The lowest BCUT2D eigenvalue weighted by molar-refractivity contribution is -0.139. The molecule has 1 aliphatic rings. The van der Waals surface area contributed by atoms with Gasteiger partial charge in [0.15, 0.2) is 0 Å². The van der Waals surface area contributed by atoms with Gasteiger partial charge in [0, 0.05) is 17.5 Å². The first-order valence-electron chi connectivity index (χ1n) is 10.4. The van der Waals surface area contributed by atoms with Gasteiger partial charge in [-0.2, -0.15) is 0 Å². The summed E-state index contributed by atoms with van der Waals surface area (Å²) in [5.74, 6) is -0.550. The normalized spacial score (nSPS) is 15.9. The maximum atomic E-state index is 12.1. The van der Waals surface area contributed by atoms with E-state index in [0.29, 0.717) is 23.7 Å². The summed E-state index contributed by atoms with van der Waals surface area (Å²) in [7, 11) is 0. The van der Waals surface area contributed by atoms with Crippen molar-refractivity contribution in [3.05, 3.63) is 58.1 Å². The minimum absolute atomic E-state index is 0.252. The first-order chi connectivity index (χ1) is 14.6. The first-order valence-corrected chi connectivity index (χ1v) is 11.6. The largest absolute Gasteiger partial charge is 0.480 e. The van der Waals surface area contributed by atoms with Gasteiger partial charge in [-0.15, -0.1) is 11.8 Å². The second kappa shape index (κ2) is 10.1. The van der Waals surface area contributed by atoms with Gasteiger partial charge < -0.3 is 15.2 Å². The molecule has 0 saturated carbocycles. The van der Waals surface area contributed by atoms with E-state index in [1.165, 1.54) is 22.9 Å². The predicted molar refractivity (Wildman–Crippen MR) is 124 cm³/mol. The van der Waals surface area contributed by atoms with E-state index in [1.54, 1.807) is 26.0 Å². The zero-order chi connectivity index (χ0) is 22.6. The summed E-state index contributed by atoms with van der Waals surface area (Å²) in [6, 6.07) is 11.7. The molecule has 2 aromatic carbocycles. The van der Waals surface area contributed by atoms with Gasteiger partial charge in [0.2, 0.25) is 0 Å². The maximum absolute atomic E-state index is 12.1. The molecular formula is C24H28ClNO4S. The molecule has 31 heavy (non-hydrogen) atoms. The Labute approximate surface area is 192 Å². The molecule has 0 bridgehead atoms. The molecule has 0 amide bonds. The monoisotopic (exact) mass is 461 g/mol. The van der Waals surface area contributed by atoms with Crippen LogP contribution in [-0.2, 0) is 22.4 Å². The Hall–Kier alpha value is -2.02. The predicted octanol–water partition coefficient (Wildman–Crippen LogP) is 5.05. The van der Waals surface area contributed by atoms with E-state index >= 15 is 0 Å². The number of hydrogen-bond donors (Lipinski definition) is 2. The summed E-state index contributed by atoms with van der Waals surface area (Å²) >= 11 is 7.73. The summed E-state index contributed by atoms with van der Waals surface area (Å²) in [5.41, 5.74) is 3.51. The van der Waals surface area contributed by atoms with Crippen LogP contribution in [0.2, 0.25) is 5.02 Å². The highest BCUT2D eigenvalue weighted by Crippen LogP contribution is 2.39. The van der Waals surface area contributed by atoms with Crippen LogP contribution in [0.25, 0.3) is 0 Å². The molecule has 1 aliphatic carbocycles. The Bertz CT molecular complexity index is 959. The number of carboxylic acid groups (broad SMARTS) is 1. The molecule has 0 saturated heterocycles. The minimum atomic E-state index is -0.941. The second-order valence-corrected chi connectivity index (χ2v) is 10.5. The number of carbonyl (C=O) groups is 2. The number of ether oxygens (including phenoxy) is 1. The molecule has 2 aromatic rings. The number of halogens is 1. The lowest BCUT2D eigenvalue weighted by Crippen LogP contribution is -2.36. The Morgan fingerprint density at radius 2 is 1.94 bits per heavy atom. The number of carboxylic acids is 1. The zero-order valence-corrected chi connectivity index (χ0v) is 19.6. The van der Waals surface area contributed by atoms with Crippen molar-refractivity contribution in [2.24, 2.45) is 0 Å². The van der Waals surface area contributed by atoms with E-state index in [0.717, 1.165) is 29.7 Å². The number of fused-ring (bicyclic) bond motifs is 1. The number of nitrogens with one attached hydrogen (secondary N) is 1. The van der Waals surface area contributed by atoms with Crippen LogP contribution in [0.15, 0.2) is 41.3 Å². The molecule has 0 spiro atoms. The number of hydrogen-bond acceptors (Lipinski definition) is 5. The van der Waals surface area contributed by atoms with Crippen LogP contribution in [0, 0.1) is 6.92 Å². The van der Waals surface area contributed by atoms with Crippen molar-refractivity contribution < 1.29 is 19.4 Å². The average molecular weight is 462 g/mol. The topological polar surface area (TPSA) is 75.6 Å². The SMILES string of the molecule is Cc1ccc(OC(=O)CCNC2CCc3cc(SC(C)(C)C(=O)O)c(Cl)cc3C2)cc1. The Kier molecular flexibility index (Phi) is 7.68. The number of aliphatic carboxylic acids is 1. The van der Waals surface area contributed by atoms with Crippen molar-refractivity contribution >= 4 is 35.3 Å². The van der Waals surface area contributed by atoms with Crippen LogP contribution in [0.3, 0.4) is 0 Å². The highest BCUT2D eigenvalue weighted by Gasteiger charge is 2.30.